The van der Waals surface area contributed by atoms with Crippen molar-refractivity contribution in [1.29, 1.82) is 0 Å². The molecule has 0 bridgehead atoms. The van der Waals surface area contributed by atoms with Crippen molar-refractivity contribution in [3.05, 3.63) is 54.6 Å². The highest BCUT2D eigenvalue weighted by Crippen LogP contribution is 2.22. The van der Waals surface area contributed by atoms with E-state index in [4.69, 9.17) is 4.74 Å². The summed E-state index contributed by atoms with van der Waals surface area (Å²) in [6.07, 6.45) is 2.05. The molecular weight excluding hydrogens is 390 g/mol. The van der Waals surface area contributed by atoms with Crippen LogP contribution in [0, 0.1) is 0 Å². The fourth-order valence-corrected chi connectivity index (χ4v) is 3.69. The predicted octanol–water partition coefficient (Wildman–Crippen LogP) is 3.23. The third-order valence-electron chi connectivity index (χ3n) is 5.52. The Kier molecular flexibility index (Phi) is 8.47. The van der Waals surface area contributed by atoms with Gasteiger partial charge in [0.2, 0.25) is 5.91 Å². The molecule has 2 N–H and O–H groups in total. The van der Waals surface area contributed by atoms with Crippen LogP contribution in [-0.4, -0.2) is 55.0 Å². The summed E-state index contributed by atoms with van der Waals surface area (Å²) in [5, 5.41) is 6.00. The number of piperidine rings is 1. The summed E-state index contributed by atoms with van der Waals surface area (Å²) in [5.41, 5.74) is 2.26. The van der Waals surface area contributed by atoms with Crippen molar-refractivity contribution in [2.45, 2.75) is 45.3 Å². The van der Waals surface area contributed by atoms with E-state index in [1.54, 1.807) is 6.92 Å². The van der Waals surface area contributed by atoms with Crippen molar-refractivity contribution in [2.24, 2.45) is 0 Å². The summed E-state index contributed by atoms with van der Waals surface area (Å²) in [7, 11) is 0. The summed E-state index contributed by atoms with van der Waals surface area (Å²) in [4.78, 5) is 26.6. The number of hydrogen-bond acceptors (Lipinski definition) is 4. The number of benzene rings is 2. The van der Waals surface area contributed by atoms with Crippen LogP contribution in [-0.2, 0) is 9.59 Å². The number of hydrogen-bond donors (Lipinski definition) is 2. The van der Waals surface area contributed by atoms with Crippen LogP contribution in [0.5, 0.6) is 5.75 Å². The number of nitrogens with one attached hydrogen (secondary N) is 2. The van der Waals surface area contributed by atoms with Crippen molar-refractivity contribution in [2.75, 3.05) is 26.2 Å². The Morgan fingerprint density at radius 2 is 1.68 bits per heavy atom. The number of ether oxygens (including phenoxy) is 1. The summed E-state index contributed by atoms with van der Waals surface area (Å²) in [5.74, 6) is 0.645. The van der Waals surface area contributed by atoms with Crippen molar-refractivity contribution in [3.8, 4) is 16.9 Å². The lowest BCUT2D eigenvalue weighted by Gasteiger charge is -2.32. The second-order valence-corrected chi connectivity index (χ2v) is 8.06. The molecule has 3 rings (SSSR count). The SMILES string of the molecule is CCCNC(=O)CN1CCC(NC(=O)C(C)Oc2ccc(-c3ccccc3)cc2)CC1. The van der Waals surface area contributed by atoms with Crippen LogP contribution in [0.3, 0.4) is 0 Å². The van der Waals surface area contributed by atoms with Crippen LogP contribution in [0.4, 0.5) is 0 Å². The van der Waals surface area contributed by atoms with Gasteiger partial charge in [0.15, 0.2) is 6.10 Å². The molecule has 2 aromatic carbocycles. The summed E-state index contributed by atoms with van der Waals surface area (Å²) in [6, 6.07) is 18.1. The summed E-state index contributed by atoms with van der Waals surface area (Å²) in [6.45, 7) is 6.57. The van der Waals surface area contributed by atoms with Crippen molar-refractivity contribution in [3.63, 3.8) is 0 Å². The molecule has 0 radical (unpaired) electrons. The van der Waals surface area contributed by atoms with Crippen molar-refractivity contribution >= 4 is 11.8 Å². The van der Waals surface area contributed by atoms with E-state index < -0.39 is 6.10 Å². The first-order valence-electron chi connectivity index (χ1n) is 11.2. The molecule has 1 atom stereocenters. The molecule has 0 saturated carbocycles. The molecule has 0 aliphatic carbocycles. The molecule has 1 fully saturated rings. The van der Waals surface area contributed by atoms with E-state index in [9.17, 15) is 9.59 Å². The van der Waals surface area contributed by atoms with E-state index in [2.05, 4.69) is 27.7 Å². The molecule has 0 aromatic heterocycles. The highest BCUT2D eigenvalue weighted by Gasteiger charge is 2.24. The molecule has 31 heavy (non-hydrogen) atoms. The lowest BCUT2D eigenvalue weighted by Crippen LogP contribution is -2.49. The zero-order chi connectivity index (χ0) is 22.1. The summed E-state index contributed by atoms with van der Waals surface area (Å²) < 4.78 is 5.84. The molecule has 1 heterocycles. The van der Waals surface area contributed by atoms with Crippen LogP contribution in [0.25, 0.3) is 11.1 Å². The van der Waals surface area contributed by atoms with Crippen LogP contribution in [0.2, 0.25) is 0 Å². The molecule has 0 spiro atoms. The zero-order valence-corrected chi connectivity index (χ0v) is 18.5. The Morgan fingerprint density at radius 1 is 1.03 bits per heavy atom. The molecule has 6 nitrogen and oxygen atoms in total. The smallest absolute Gasteiger partial charge is 0.260 e. The van der Waals surface area contributed by atoms with Gasteiger partial charge in [-0.15, -0.1) is 0 Å². The van der Waals surface area contributed by atoms with Gasteiger partial charge in [-0.1, -0.05) is 49.4 Å². The normalized spacial score (nSPS) is 15.8. The monoisotopic (exact) mass is 423 g/mol. The number of nitrogens with zero attached hydrogens (tertiary/aromatic N) is 1. The highest BCUT2D eigenvalue weighted by atomic mass is 16.5. The third-order valence-corrected chi connectivity index (χ3v) is 5.52. The average Bonchev–Trinajstić information content (AvgIpc) is 2.80. The van der Waals surface area contributed by atoms with Gasteiger partial charge < -0.3 is 15.4 Å². The lowest BCUT2D eigenvalue weighted by atomic mass is 10.0. The first-order chi connectivity index (χ1) is 15.0. The van der Waals surface area contributed by atoms with Gasteiger partial charge in [-0.25, -0.2) is 0 Å². The van der Waals surface area contributed by atoms with E-state index in [1.165, 1.54) is 0 Å². The molecule has 2 aromatic rings. The molecule has 6 heteroatoms. The standard InChI is InChI=1S/C25H33N3O3/c1-3-15-26-24(29)18-28-16-13-22(14-17-28)27-25(30)19(2)31-23-11-9-21(10-12-23)20-7-5-4-6-8-20/h4-12,19,22H,3,13-18H2,1-2H3,(H,26,29)(H,27,30). The van der Waals surface area contributed by atoms with Crippen molar-refractivity contribution < 1.29 is 14.3 Å². The van der Waals surface area contributed by atoms with Gasteiger partial charge in [-0.2, -0.15) is 0 Å². The fourth-order valence-electron chi connectivity index (χ4n) is 3.69. The maximum atomic E-state index is 12.6. The summed E-state index contributed by atoms with van der Waals surface area (Å²) >= 11 is 0. The molecule has 2 amide bonds. The number of carbonyl (C=O) groups excluding carboxylic acids is 2. The van der Waals surface area contributed by atoms with Gasteiger partial charge in [0.25, 0.3) is 5.91 Å². The average molecular weight is 424 g/mol. The van der Waals surface area contributed by atoms with Gasteiger partial charge in [0.05, 0.1) is 6.54 Å². The minimum Gasteiger partial charge on any atom is -0.481 e. The number of amides is 2. The van der Waals surface area contributed by atoms with Crippen LogP contribution in [0.1, 0.15) is 33.1 Å². The maximum absolute atomic E-state index is 12.6. The molecule has 1 aliphatic rings. The second kappa shape index (κ2) is 11.5. The highest BCUT2D eigenvalue weighted by molar-refractivity contribution is 5.81. The lowest BCUT2D eigenvalue weighted by molar-refractivity contribution is -0.128. The topological polar surface area (TPSA) is 70.7 Å². The molecule has 1 saturated heterocycles. The minimum absolute atomic E-state index is 0.0737. The number of rotatable bonds is 9. The van der Waals surface area contributed by atoms with Crippen LogP contribution >= 0.6 is 0 Å². The molecular formula is C25H33N3O3. The van der Waals surface area contributed by atoms with Gasteiger partial charge in [-0.3, -0.25) is 14.5 Å². The van der Waals surface area contributed by atoms with Gasteiger partial charge in [-0.05, 0) is 49.4 Å². The van der Waals surface area contributed by atoms with E-state index >= 15 is 0 Å². The van der Waals surface area contributed by atoms with E-state index in [0.717, 1.165) is 50.0 Å². The van der Waals surface area contributed by atoms with Crippen molar-refractivity contribution in [1.82, 2.24) is 15.5 Å². The molecule has 166 valence electrons. The Bertz CT molecular complexity index is 831. The van der Waals surface area contributed by atoms with Gasteiger partial charge in [0.1, 0.15) is 5.75 Å². The van der Waals surface area contributed by atoms with Gasteiger partial charge >= 0.3 is 0 Å². The molecule has 1 unspecified atom stereocenters. The Balaban J connectivity index is 1.41. The largest absolute Gasteiger partial charge is 0.481 e. The first kappa shape index (κ1) is 22.8. The Labute approximate surface area is 185 Å². The second-order valence-electron chi connectivity index (χ2n) is 8.06. The minimum atomic E-state index is -0.569. The Morgan fingerprint density at radius 3 is 2.32 bits per heavy atom. The fraction of sp³-hybridized carbons (Fsp3) is 0.440. The van der Waals surface area contributed by atoms with E-state index in [1.807, 2.05) is 49.4 Å². The number of carbonyl (C=O) groups is 2. The van der Waals surface area contributed by atoms with E-state index in [0.29, 0.717) is 12.3 Å². The Hall–Kier alpha value is -2.86. The third kappa shape index (κ3) is 7.10. The van der Waals surface area contributed by atoms with Crippen LogP contribution < -0.4 is 15.4 Å². The zero-order valence-electron chi connectivity index (χ0n) is 18.5. The molecule has 1 aliphatic heterocycles. The maximum Gasteiger partial charge on any atom is 0.260 e. The predicted molar refractivity (Wildman–Crippen MR) is 123 cm³/mol. The number of likely N-dealkylation sites (tertiary alicyclic amines) is 1. The van der Waals surface area contributed by atoms with Gasteiger partial charge in [0, 0.05) is 25.7 Å². The first-order valence-corrected chi connectivity index (χ1v) is 11.2. The quantitative estimate of drug-likeness (QED) is 0.650. The van der Waals surface area contributed by atoms with E-state index in [-0.39, 0.29) is 17.9 Å². The van der Waals surface area contributed by atoms with Crippen LogP contribution in [0.15, 0.2) is 54.6 Å².